The summed E-state index contributed by atoms with van der Waals surface area (Å²) in [5.74, 6) is -0.657. The first-order valence-electron chi connectivity index (χ1n) is 4.40. The minimum absolute atomic E-state index is 0.238. The Bertz CT molecular complexity index is 208. The van der Waals surface area contributed by atoms with Crippen LogP contribution in [0.3, 0.4) is 0 Å². The van der Waals surface area contributed by atoms with Crippen molar-refractivity contribution < 1.29 is 19.3 Å². The summed E-state index contributed by atoms with van der Waals surface area (Å²) in [5, 5.41) is 9.59. The molecule has 0 amide bonds. The molecule has 2 aliphatic rings. The smallest absolute Gasteiger partial charge is 0.163 e. The van der Waals surface area contributed by atoms with Crippen LogP contribution in [0.25, 0.3) is 0 Å². The first-order valence-corrected chi connectivity index (χ1v) is 4.40. The van der Waals surface area contributed by atoms with E-state index in [1.165, 1.54) is 0 Å². The summed E-state index contributed by atoms with van der Waals surface area (Å²) in [6.07, 6.45) is -2.02. The number of aliphatic hydroxyl groups excluding tert-OH is 1. The summed E-state index contributed by atoms with van der Waals surface area (Å²) >= 11 is 0. The molecule has 0 aliphatic carbocycles. The van der Waals surface area contributed by atoms with Crippen molar-refractivity contribution in [2.75, 3.05) is 6.61 Å². The predicted octanol–water partition coefficient (Wildman–Crippen LogP) is -0.818. The van der Waals surface area contributed by atoms with Gasteiger partial charge in [0.05, 0.1) is 6.61 Å². The molecule has 13 heavy (non-hydrogen) atoms. The first kappa shape index (κ1) is 9.36. The van der Waals surface area contributed by atoms with Gasteiger partial charge in [0, 0.05) is 0 Å². The highest BCUT2D eigenvalue weighted by atomic mass is 16.7. The molecule has 0 aromatic rings. The van der Waals surface area contributed by atoms with Gasteiger partial charge in [-0.1, -0.05) is 0 Å². The van der Waals surface area contributed by atoms with Gasteiger partial charge in [-0.05, 0) is 13.8 Å². The fourth-order valence-electron chi connectivity index (χ4n) is 1.69. The summed E-state index contributed by atoms with van der Waals surface area (Å²) in [4.78, 5) is 0. The van der Waals surface area contributed by atoms with Crippen molar-refractivity contribution in [1.29, 1.82) is 0 Å². The maximum atomic E-state index is 9.59. The van der Waals surface area contributed by atoms with Gasteiger partial charge in [0.15, 0.2) is 5.79 Å². The van der Waals surface area contributed by atoms with Crippen molar-refractivity contribution in [2.45, 2.75) is 44.2 Å². The molecule has 76 valence electrons. The van der Waals surface area contributed by atoms with E-state index in [-0.39, 0.29) is 12.2 Å². The molecule has 2 aliphatic heterocycles. The molecule has 4 unspecified atom stereocenters. The van der Waals surface area contributed by atoms with E-state index in [9.17, 15) is 5.11 Å². The molecule has 5 nitrogen and oxygen atoms in total. The van der Waals surface area contributed by atoms with Crippen molar-refractivity contribution in [2.24, 2.45) is 5.73 Å². The van der Waals surface area contributed by atoms with Crippen LogP contribution < -0.4 is 5.73 Å². The van der Waals surface area contributed by atoms with Gasteiger partial charge in [0.25, 0.3) is 0 Å². The highest BCUT2D eigenvalue weighted by Gasteiger charge is 2.49. The first-order chi connectivity index (χ1) is 5.99. The molecule has 0 spiro atoms. The van der Waals surface area contributed by atoms with Crippen LogP contribution >= 0.6 is 0 Å². The second-order valence-corrected chi connectivity index (χ2v) is 3.92. The maximum absolute atomic E-state index is 9.59. The van der Waals surface area contributed by atoms with Crippen LogP contribution in [0.4, 0.5) is 0 Å². The zero-order chi connectivity index (χ0) is 9.64. The van der Waals surface area contributed by atoms with Gasteiger partial charge in [-0.15, -0.1) is 0 Å². The molecular formula is C8H15NO4. The molecule has 5 heteroatoms. The van der Waals surface area contributed by atoms with Crippen LogP contribution in [0.5, 0.6) is 0 Å². The van der Waals surface area contributed by atoms with Gasteiger partial charge in [-0.25, -0.2) is 0 Å². The van der Waals surface area contributed by atoms with Crippen LogP contribution in [0.2, 0.25) is 0 Å². The monoisotopic (exact) mass is 189 g/mol. The molecule has 2 rings (SSSR count). The van der Waals surface area contributed by atoms with E-state index in [2.05, 4.69) is 0 Å². The lowest BCUT2D eigenvalue weighted by Crippen LogP contribution is -2.50. The Morgan fingerprint density at radius 1 is 1.46 bits per heavy atom. The number of ether oxygens (including phenoxy) is 3. The lowest BCUT2D eigenvalue weighted by molar-refractivity contribution is -0.300. The molecule has 3 N–H and O–H groups in total. The van der Waals surface area contributed by atoms with Crippen LogP contribution in [0.1, 0.15) is 13.8 Å². The average Bonchev–Trinajstić information content (AvgIpc) is 2.29. The van der Waals surface area contributed by atoms with Crippen LogP contribution in [-0.4, -0.2) is 42.0 Å². The van der Waals surface area contributed by atoms with E-state index in [0.29, 0.717) is 6.61 Å². The number of fused-ring (bicyclic) bond motifs is 1. The average molecular weight is 189 g/mol. The molecule has 0 aromatic carbocycles. The molecule has 2 saturated heterocycles. The Kier molecular flexibility index (Phi) is 2.08. The number of hydrogen-bond donors (Lipinski definition) is 2. The normalized spacial score (nSPS) is 48.9. The molecule has 0 radical (unpaired) electrons. The standard InChI is InChI=1S/C8H15NO4/c1-8(2)11-3-4-6(13-8)5(10)7(9)12-4/h4-7,10H,3,9H2,1-2H3. The van der Waals surface area contributed by atoms with E-state index in [1.807, 2.05) is 0 Å². The summed E-state index contributed by atoms with van der Waals surface area (Å²) in [6.45, 7) is 4.03. The van der Waals surface area contributed by atoms with Crippen LogP contribution in [-0.2, 0) is 14.2 Å². The lowest BCUT2D eigenvalue weighted by atomic mass is 10.1. The number of rotatable bonds is 0. The Labute approximate surface area is 76.8 Å². The summed E-state index contributed by atoms with van der Waals surface area (Å²) in [6, 6.07) is 0. The number of hydrogen-bond acceptors (Lipinski definition) is 5. The molecular weight excluding hydrogens is 174 g/mol. The quantitative estimate of drug-likeness (QED) is 0.521. The third kappa shape index (κ3) is 1.58. The highest BCUT2D eigenvalue weighted by Crippen LogP contribution is 2.31. The zero-order valence-electron chi connectivity index (χ0n) is 7.77. The van der Waals surface area contributed by atoms with Crippen molar-refractivity contribution in [3.63, 3.8) is 0 Å². The van der Waals surface area contributed by atoms with E-state index < -0.39 is 18.1 Å². The molecule has 0 bridgehead atoms. The highest BCUT2D eigenvalue weighted by molar-refractivity contribution is 4.92. The Balaban J connectivity index is 2.09. The maximum Gasteiger partial charge on any atom is 0.163 e. The fraction of sp³-hybridized carbons (Fsp3) is 1.00. The van der Waals surface area contributed by atoms with Crippen molar-refractivity contribution in [3.05, 3.63) is 0 Å². The fourth-order valence-corrected chi connectivity index (χ4v) is 1.69. The van der Waals surface area contributed by atoms with Crippen molar-refractivity contribution in [3.8, 4) is 0 Å². The third-order valence-electron chi connectivity index (χ3n) is 2.39. The van der Waals surface area contributed by atoms with Crippen LogP contribution in [0.15, 0.2) is 0 Å². The third-order valence-corrected chi connectivity index (χ3v) is 2.39. The van der Waals surface area contributed by atoms with E-state index in [4.69, 9.17) is 19.9 Å². The summed E-state index contributed by atoms with van der Waals surface area (Å²) in [5.41, 5.74) is 5.52. The van der Waals surface area contributed by atoms with E-state index in [1.54, 1.807) is 13.8 Å². The van der Waals surface area contributed by atoms with Crippen molar-refractivity contribution >= 4 is 0 Å². The van der Waals surface area contributed by atoms with Crippen molar-refractivity contribution in [1.82, 2.24) is 0 Å². The minimum Gasteiger partial charge on any atom is -0.386 e. The zero-order valence-corrected chi connectivity index (χ0v) is 7.77. The van der Waals surface area contributed by atoms with Gasteiger partial charge in [-0.2, -0.15) is 0 Å². The predicted molar refractivity (Wildman–Crippen MR) is 43.8 cm³/mol. The Hall–Kier alpha value is -0.200. The lowest BCUT2D eigenvalue weighted by Gasteiger charge is -2.37. The van der Waals surface area contributed by atoms with E-state index in [0.717, 1.165) is 0 Å². The second-order valence-electron chi connectivity index (χ2n) is 3.92. The van der Waals surface area contributed by atoms with Gasteiger partial charge >= 0.3 is 0 Å². The second kappa shape index (κ2) is 2.90. The molecule has 2 heterocycles. The van der Waals surface area contributed by atoms with Gasteiger partial charge in [0.2, 0.25) is 0 Å². The Morgan fingerprint density at radius 3 is 2.85 bits per heavy atom. The SMILES string of the molecule is CC1(C)OCC2OC(N)C(O)C2O1. The van der Waals surface area contributed by atoms with Gasteiger partial charge in [-0.3, -0.25) is 0 Å². The number of aliphatic hydroxyl groups is 1. The molecule has 2 fully saturated rings. The largest absolute Gasteiger partial charge is 0.386 e. The summed E-state index contributed by atoms with van der Waals surface area (Å²) in [7, 11) is 0. The summed E-state index contributed by atoms with van der Waals surface area (Å²) < 4.78 is 16.1. The van der Waals surface area contributed by atoms with Crippen LogP contribution in [0, 0.1) is 0 Å². The topological polar surface area (TPSA) is 73.9 Å². The molecule has 0 aromatic heterocycles. The Morgan fingerprint density at radius 2 is 2.15 bits per heavy atom. The molecule has 4 atom stereocenters. The minimum atomic E-state index is -0.756. The van der Waals surface area contributed by atoms with E-state index >= 15 is 0 Å². The van der Waals surface area contributed by atoms with Gasteiger partial charge < -0.3 is 25.1 Å². The van der Waals surface area contributed by atoms with Gasteiger partial charge in [0.1, 0.15) is 24.5 Å². The molecule has 0 saturated carbocycles. The number of nitrogens with two attached hydrogens (primary N) is 1.